The molecule has 0 spiro atoms. The molecule has 0 bridgehead atoms. The third-order valence-electron chi connectivity index (χ3n) is 3.27. The lowest BCUT2D eigenvalue weighted by molar-refractivity contribution is -0.384. The van der Waals surface area contributed by atoms with Crippen LogP contribution < -0.4 is 5.32 Å². The van der Waals surface area contributed by atoms with E-state index in [1.807, 2.05) is 0 Å². The summed E-state index contributed by atoms with van der Waals surface area (Å²) in [5.41, 5.74) is -0.110. The van der Waals surface area contributed by atoms with Gasteiger partial charge in [-0.1, -0.05) is 0 Å². The molecule has 0 atom stereocenters. The third kappa shape index (κ3) is 3.69. The SMILES string of the molecule is CCS(=O)(=O)N1CC(CNc2ncc(Br)cc2[N+](=O)[O-])C1. The molecule has 1 aliphatic rings. The zero-order chi connectivity index (χ0) is 15.6. The summed E-state index contributed by atoms with van der Waals surface area (Å²) < 4.78 is 25.1. The van der Waals surface area contributed by atoms with Crippen LogP contribution in [-0.2, 0) is 10.0 Å². The topological polar surface area (TPSA) is 105 Å². The molecule has 1 aromatic heterocycles. The number of nitro groups is 1. The van der Waals surface area contributed by atoms with Crippen LogP contribution >= 0.6 is 15.9 Å². The van der Waals surface area contributed by atoms with Crippen LogP contribution in [0.1, 0.15) is 6.92 Å². The normalized spacial score (nSPS) is 16.5. The second kappa shape index (κ2) is 6.24. The Balaban J connectivity index is 1.93. The summed E-state index contributed by atoms with van der Waals surface area (Å²) >= 11 is 3.14. The molecule has 1 aliphatic heterocycles. The molecule has 0 saturated carbocycles. The van der Waals surface area contributed by atoms with Crippen molar-refractivity contribution < 1.29 is 13.3 Å². The Hall–Kier alpha value is -1.26. The lowest BCUT2D eigenvalue weighted by Crippen LogP contribution is -2.52. The van der Waals surface area contributed by atoms with Crippen molar-refractivity contribution in [3.8, 4) is 0 Å². The molecule has 1 saturated heterocycles. The summed E-state index contributed by atoms with van der Waals surface area (Å²) in [6, 6.07) is 1.38. The highest BCUT2D eigenvalue weighted by molar-refractivity contribution is 9.10. The smallest absolute Gasteiger partial charge is 0.312 e. The number of sulfonamides is 1. The van der Waals surface area contributed by atoms with Gasteiger partial charge >= 0.3 is 5.69 Å². The molecular weight excluding hydrogens is 364 g/mol. The minimum absolute atomic E-state index is 0.0902. The van der Waals surface area contributed by atoms with Crippen molar-refractivity contribution in [1.82, 2.24) is 9.29 Å². The molecule has 1 fully saturated rings. The number of rotatable bonds is 6. The number of nitrogens with zero attached hydrogens (tertiary/aromatic N) is 3. The molecule has 0 unspecified atom stereocenters. The van der Waals surface area contributed by atoms with Crippen LogP contribution in [0.2, 0.25) is 0 Å². The Morgan fingerprint density at radius 3 is 2.81 bits per heavy atom. The van der Waals surface area contributed by atoms with Crippen molar-refractivity contribution in [3.05, 3.63) is 26.9 Å². The van der Waals surface area contributed by atoms with Crippen molar-refractivity contribution in [3.63, 3.8) is 0 Å². The zero-order valence-electron chi connectivity index (χ0n) is 11.3. The number of halogens is 1. The highest BCUT2D eigenvalue weighted by Crippen LogP contribution is 2.26. The van der Waals surface area contributed by atoms with Gasteiger partial charge in [-0.05, 0) is 22.9 Å². The summed E-state index contributed by atoms with van der Waals surface area (Å²) in [6.07, 6.45) is 1.48. The van der Waals surface area contributed by atoms with Gasteiger partial charge in [-0.15, -0.1) is 0 Å². The molecule has 2 rings (SSSR count). The van der Waals surface area contributed by atoms with E-state index in [0.29, 0.717) is 24.1 Å². The summed E-state index contributed by atoms with van der Waals surface area (Å²) in [6.45, 7) is 2.93. The Morgan fingerprint density at radius 1 is 1.57 bits per heavy atom. The highest BCUT2D eigenvalue weighted by Gasteiger charge is 2.34. The monoisotopic (exact) mass is 378 g/mol. The lowest BCUT2D eigenvalue weighted by atomic mass is 10.0. The van der Waals surface area contributed by atoms with Gasteiger partial charge < -0.3 is 5.32 Å². The minimum Gasteiger partial charge on any atom is -0.364 e. The molecule has 0 radical (unpaired) electrons. The maximum atomic E-state index is 11.6. The van der Waals surface area contributed by atoms with Crippen LogP contribution in [0.15, 0.2) is 16.7 Å². The number of aromatic nitrogens is 1. The van der Waals surface area contributed by atoms with Gasteiger partial charge in [-0.2, -0.15) is 0 Å². The summed E-state index contributed by atoms with van der Waals surface area (Å²) in [7, 11) is -3.13. The Morgan fingerprint density at radius 2 is 2.24 bits per heavy atom. The van der Waals surface area contributed by atoms with Gasteiger partial charge in [0, 0.05) is 42.3 Å². The molecule has 0 aliphatic carbocycles. The zero-order valence-corrected chi connectivity index (χ0v) is 13.7. The van der Waals surface area contributed by atoms with E-state index in [1.54, 1.807) is 6.92 Å². The van der Waals surface area contributed by atoms with Gasteiger partial charge in [0.15, 0.2) is 0 Å². The first kappa shape index (κ1) is 16.1. The van der Waals surface area contributed by atoms with Gasteiger partial charge in [-0.25, -0.2) is 17.7 Å². The fraction of sp³-hybridized carbons (Fsp3) is 0.545. The Labute approximate surface area is 130 Å². The van der Waals surface area contributed by atoms with Crippen molar-refractivity contribution in [1.29, 1.82) is 0 Å². The predicted molar refractivity (Wildman–Crippen MR) is 81.6 cm³/mol. The van der Waals surface area contributed by atoms with Crippen molar-refractivity contribution in [2.45, 2.75) is 6.92 Å². The van der Waals surface area contributed by atoms with Crippen molar-refractivity contribution in [2.75, 3.05) is 30.7 Å². The van der Waals surface area contributed by atoms with Gasteiger partial charge in [0.2, 0.25) is 15.8 Å². The van der Waals surface area contributed by atoms with E-state index < -0.39 is 14.9 Å². The summed E-state index contributed by atoms with van der Waals surface area (Å²) in [4.78, 5) is 14.4. The van der Waals surface area contributed by atoms with Gasteiger partial charge in [0.1, 0.15) is 0 Å². The van der Waals surface area contributed by atoms with Crippen LogP contribution in [0.4, 0.5) is 11.5 Å². The van der Waals surface area contributed by atoms with E-state index in [2.05, 4.69) is 26.2 Å². The number of pyridine rings is 1. The fourth-order valence-electron chi connectivity index (χ4n) is 2.01. The maximum absolute atomic E-state index is 11.6. The Bertz CT molecular complexity index is 646. The van der Waals surface area contributed by atoms with Crippen LogP contribution in [0.5, 0.6) is 0 Å². The molecule has 8 nitrogen and oxygen atoms in total. The predicted octanol–water partition coefficient (Wildman–Crippen LogP) is 1.45. The Kier molecular flexibility index (Phi) is 4.79. The maximum Gasteiger partial charge on any atom is 0.312 e. The fourth-order valence-corrected chi connectivity index (χ4v) is 3.57. The first-order valence-corrected chi connectivity index (χ1v) is 8.75. The quantitative estimate of drug-likeness (QED) is 0.592. The van der Waals surface area contributed by atoms with Crippen LogP contribution in [-0.4, -0.2) is 48.0 Å². The number of nitrogens with one attached hydrogen (secondary N) is 1. The molecule has 21 heavy (non-hydrogen) atoms. The molecule has 0 amide bonds. The van der Waals surface area contributed by atoms with E-state index in [4.69, 9.17) is 0 Å². The molecule has 2 heterocycles. The largest absolute Gasteiger partial charge is 0.364 e. The number of anilines is 1. The van der Waals surface area contributed by atoms with Crippen LogP contribution in [0.3, 0.4) is 0 Å². The van der Waals surface area contributed by atoms with E-state index >= 15 is 0 Å². The van der Waals surface area contributed by atoms with Crippen molar-refractivity contribution >= 4 is 37.5 Å². The highest BCUT2D eigenvalue weighted by atomic mass is 79.9. The van der Waals surface area contributed by atoms with E-state index in [1.165, 1.54) is 16.6 Å². The van der Waals surface area contributed by atoms with Gasteiger partial charge in [-0.3, -0.25) is 10.1 Å². The molecule has 0 aromatic carbocycles. The second-order valence-corrected chi connectivity index (χ2v) is 7.92. The van der Waals surface area contributed by atoms with Crippen LogP contribution in [0, 0.1) is 16.0 Å². The lowest BCUT2D eigenvalue weighted by Gasteiger charge is -2.37. The second-order valence-electron chi connectivity index (χ2n) is 4.74. The molecular formula is C11H15BrN4O4S. The van der Waals surface area contributed by atoms with E-state index in [9.17, 15) is 18.5 Å². The summed E-state index contributed by atoms with van der Waals surface area (Å²) in [5, 5.41) is 13.9. The van der Waals surface area contributed by atoms with Gasteiger partial charge in [0.25, 0.3) is 0 Å². The average molecular weight is 379 g/mol. The van der Waals surface area contributed by atoms with Crippen LogP contribution in [0.25, 0.3) is 0 Å². The van der Waals surface area contributed by atoms with Crippen molar-refractivity contribution in [2.24, 2.45) is 5.92 Å². The summed E-state index contributed by atoms with van der Waals surface area (Å²) in [5.74, 6) is 0.420. The number of hydrogen-bond acceptors (Lipinski definition) is 6. The molecule has 10 heteroatoms. The molecule has 1 aromatic rings. The first-order chi connectivity index (χ1) is 9.83. The van der Waals surface area contributed by atoms with E-state index in [0.717, 1.165) is 0 Å². The van der Waals surface area contributed by atoms with Gasteiger partial charge in [0.05, 0.1) is 10.7 Å². The standard InChI is InChI=1S/C11H15BrN4O4S/c1-2-21(19,20)15-6-8(7-15)4-13-11-10(16(17)18)3-9(12)5-14-11/h3,5,8H,2,4,6-7H2,1H3,(H,13,14). The molecule has 116 valence electrons. The van der Waals surface area contributed by atoms with E-state index in [-0.39, 0.29) is 23.2 Å². The number of hydrogen-bond donors (Lipinski definition) is 1. The minimum atomic E-state index is -3.13. The average Bonchev–Trinajstić information content (AvgIpc) is 2.37. The molecule has 1 N–H and O–H groups in total. The third-order valence-corrected chi connectivity index (χ3v) is 5.52. The first-order valence-electron chi connectivity index (χ1n) is 6.35.